The zero-order valence-electron chi connectivity index (χ0n) is 12.5. The predicted octanol–water partition coefficient (Wildman–Crippen LogP) is 5.02. The summed E-state index contributed by atoms with van der Waals surface area (Å²) in [6.45, 7) is 0. The number of carbonyl (C=O) groups is 2. The highest BCUT2D eigenvalue weighted by molar-refractivity contribution is 9.10. The van der Waals surface area contributed by atoms with Gasteiger partial charge in [0, 0.05) is 16.7 Å². The van der Waals surface area contributed by atoms with Crippen LogP contribution in [0.4, 0.5) is 0 Å². The molecule has 0 atom stereocenters. The fourth-order valence-electron chi connectivity index (χ4n) is 2.84. The van der Waals surface area contributed by atoms with Crippen molar-refractivity contribution in [2.24, 2.45) is 0 Å². The molecule has 3 nitrogen and oxygen atoms in total. The van der Waals surface area contributed by atoms with E-state index < -0.39 is 0 Å². The number of hydrogen-bond acceptors (Lipinski definition) is 3. The Kier molecular flexibility index (Phi) is 3.54. The number of ketones is 2. The number of rotatable bonds is 2. The minimum absolute atomic E-state index is 0.161. The number of fused-ring (bicyclic) bond motifs is 2. The third-order valence-electron chi connectivity index (χ3n) is 3.96. The van der Waals surface area contributed by atoms with Gasteiger partial charge < -0.3 is 4.74 Å². The highest BCUT2D eigenvalue weighted by Gasteiger charge is 2.33. The number of carbonyl (C=O) groups excluding carboxylic acids is 2. The zero-order chi connectivity index (χ0) is 16.7. The van der Waals surface area contributed by atoms with E-state index in [2.05, 4.69) is 15.9 Å². The van der Waals surface area contributed by atoms with Crippen LogP contribution in [0.15, 0.2) is 71.2 Å². The maximum atomic E-state index is 13.0. The molecule has 4 heteroatoms. The largest absolute Gasteiger partial charge is 0.455 e. The van der Waals surface area contributed by atoms with Crippen molar-refractivity contribution in [1.29, 1.82) is 0 Å². The lowest BCUT2D eigenvalue weighted by Gasteiger charge is -2.21. The lowest BCUT2D eigenvalue weighted by atomic mass is 9.83. The van der Waals surface area contributed by atoms with Crippen LogP contribution >= 0.6 is 15.9 Å². The molecule has 0 saturated carbocycles. The standard InChI is InChI=1S/C20H11BrO3/c21-16-11-10-15-17(20(16)24-12-6-2-1-3-7-12)19(23)14-9-5-4-8-13(14)18(15)22/h1-11H. The van der Waals surface area contributed by atoms with Gasteiger partial charge in [-0.05, 0) is 40.2 Å². The summed E-state index contributed by atoms with van der Waals surface area (Å²) in [4.78, 5) is 25.7. The van der Waals surface area contributed by atoms with Crippen molar-refractivity contribution in [2.45, 2.75) is 0 Å². The molecule has 3 aromatic carbocycles. The Morgan fingerprint density at radius 2 is 1.29 bits per heavy atom. The van der Waals surface area contributed by atoms with Crippen LogP contribution in [0.5, 0.6) is 11.5 Å². The summed E-state index contributed by atoms with van der Waals surface area (Å²) in [7, 11) is 0. The van der Waals surface area contributed by atoms with E-state index in [0.29, 0.717) is 38.2 Å². The summed E-state index contributed by atoms with van der Waals surface area (Å²) < 4.78 is 6.55. The quantitative estimate of drug-likeness (QED) is 0.491. The van der Waals surface area contributed by atoms with Gasteiger partial charge in [-0.2, -0.15) is 0 Å². The molecule has 1 aliphatic rings. The van der Waals surface area contributed by atoms with Gasteiger partial charge in [0.2, 0.25) is 0 Å². The van der Waals surface area contributed by atoms with E-state index in [1.54, 1.807) is 48.5 Å². The minimum Gasteiger partial charge on any atom is -0.455 e. The molecular formula is C20H11BrO3. The minimum atomic E-state index is -0.201. The Labute approximate surface area is 147 Å². The van der Waals surface area contributed by atoms with Gasteiger partial charge in [0.15, 0.2) is 17.3 Å². The third-order valence-corrected chi connectivity index (χ3v) is 4.59. The van der Waals surface area contributed by atoms with E-state index in [1.807, 2.05) is 18.2 Å². The maximum Gasteiger partial charge on any atom is 0.198 e. The summed E-state index contributed by atoms with van der Waals surface area (Å²) in [5, 5.41) is 0. The normalized spacial score (nSPS) is 12.5. The average Bonchev–Trinajstić information content (AvgIpc) is 2.62. The summed E-state index contributed by atoms with van der Waals surface area (Å²) in [5.41, 5.74) is 1.51. The van der Waals surface area contributed by atoms with Crippen molar-refractivity contribution in [3.05, 3.63) is 93.5 Å². The Hall–Kier alpha value is -2.72. The van der Waals surface area contributed by atoms with Crippen LogP contribution in [-0.2, 0) is 0 Å². The second kappa shape index (κ2) is 5.73. The van der Waals surface area contributed by atoms with Crippen molar-refractivity contribution < 1.29 is 14.3 Å². The van der Waals surface area contributed by atoms with Gasteiger partial charge in [-0.3, -0.25) is 9.59 Å². The van der Waals surface area contributed by atoms with Gasteiger partial charge in [-0.15, -0.1) is 0 Å². The summed E-state index contributed by atoms with van der Waals surface area (Å²) in [6.07, 6.45) is 0. The van der Waals surface area contributed by atoms with Crippen molar-refractivity contribution in [3.8, 4) is 11.5 Å². The molecule has 0 heterocycles. The summed E-state index contributed by atoms with van der Waals surface area (Å²) >= 11 is 3.43. The first-order valence-corrected chi connectivity index (χ1v) is 8.20. The monoisotopic (exact) mass is 378 g/mol. The smallest absolute Gasteiger partial charge is 0.198 e. The van der Waals surface area contributed by atoms with Crippen LogP contribution in [0.2, 0.25) is 0 Å². The van der Waals surface area contributed by atoms with E-state index in [-0.39, 0.29) is 11.6 Å². The number of halogens is 1. The molecule has 0 spiro atoms. The van der Waals surface area contributed by atoms with Crippen LogP contribution in [-0.4, -0.2) is 11.6 Å². The third kappa shape index (κ3) is 2.27. The Bertz CT molecular complexity index is 977. The number of hydrogen-bond donors (Lipinski definition) is 0. The number of ether oxygens (including phenoxy) is 1. The lowest BCUT2D eigenvalue weighted by molar-refractivity contribution is 0.0977. The van der Waals surface area contributed by atoms with E-state index in [9.17, 15) is 9.59 Å². The van der Waals surface area contributed by atoms with E-state index >= 15 is 0 Å². The molecular weight excluding hydrogens is 368 g/mol. The average molecular weight is 379 g/mol. The first kappa shape index (κ1) is 14.8. The van der Waals surface area contributed by atoms with Gasteiger partial charge in [0.1, 0.15) is 5.75 Å². The first-order valence-electron chi connectivity index (χ1n) is 7.40. The van der Waals surface area contributed by atoms with Crippen LogP contribution in [0.25, 0.3) is 0 Å². The van der Waals surface area contributed by atoms with E-state index in [0.717, 1.165) is 0 Å². The van der Waals surface area contributed by atoms with Crippen molar-refractivity contribution in [3.63, 3.8) is 0 Å². The number of para-hydroxylation sites is 1. The first-order chi connectivity index (χ1) is 11.7. The van der Waals surface area contributed by atoms with Crippen LogP contribution in [0, 0.1) is 0 Å². The molecule has 24 heavy (non-hydrogen) atoms. The molecule has 0 saturated heterocycles. The maximum absolute atomic E-state index is 13.0. The highest BCUT2D eigenvalue weighted by atomic mass is 79.9. The molecule has 0 amide bonds. The predicted molar refractivity (Wildman–Crippen MR) is 94.0 cm³/mol. The van der Waals surface area contributed by atoms with Crippen molar-refractivity contribution in [1.82, 2.24) is 0 Å². The van der Waals surface area contributed by atoms with Gasteiger partial charge in [-0.25, -0.2) is 0 Å². The van der Waals surface area contributed by atoms with Gasteiger partial charge in [0.25, 0.3) is 0 Å². The Balaban J connectivity index is 1.92. The van der Waals surface area contributed by atoms with Gasteiger partial charge in [0.05, 0.1) is 10.0 Å². The molecule has 0 N–H and O–H groups in total. The topological polar surface area (TPSA) is 43.4 Å². The summed E-state index contributed by atoms with van der Waals surface area (Å²) in [5.74, 6) is 0.607. The lowest BCUT2D eigenvalue weighted by Crippen LogP contribution is -2.21. The molecule has 0 fully saturated rings. The second-order valence-electron chi connectivity index (χ2n) is 5.42. The molecule has 0 radical (unpaired) electrons. The fraction of sp³-hybridized carbons (Fsp3) is 0. The zero-order valence-corrected chi connectivity index (χ0v) is 14.0. The molecule has 0 unspecified atom stereocenters. The van der Waals surface area contributed by atoms with Crippen molar-refractivity contribution >= 4 is 27.5 Å². The Morgan fingerprint density at radius 1 is 0.667 bits per heavy atom. The van der Waals surface area contributed by atoms with Gasteiger partial charge >= 0.3 is 0 Å². The van der Waals surface area contributed by atoms with Gasteiger partial charge in [-0.1, -0.05) is 42.5 Å². The molecule has 4 rings (SSSR count). The molecule has 3 aromatic rings. The molecule has 0 aromatic heterocycles. The molecule has 1 aliphatic carbocycles. The fourth-order valence-corrected chi connectivity index (χ4v) is 3.25. The van der Waals surface area contributed by atoms with E-state index in [4.69, 9.17) is 4.74 Å². The van der Waals surface area contributed by atoms with Crippen LogP contribution in [0.1, 0.15) is 31.8 Å². The summed E-state index contributed by atoms with van der Waals surface area (Å²) in [6, 6.07) is 19.4. The second-order valence-corrected chi connectivity index (χ2v) is 6.27. The number of benzene rings is 3. The van der Waals surface area contributed by atoms with E-state index in [1.165, 1.54) is 0 Å². The Morgan fingerprint density at radius 3 is 2.00 bits per heavy atom. The molecule has 116 valence electrons. The van der Waals surface area contributed by atoms with Crippen molar-refractivity contribution in [2.75, 3.05) is 0 Å². The van der Waals surface area contributed by atoms with Crippen LogP contribution < -0.4 is 4.74 Å². The molecule has 0 aliphatic heterocycles. The SMILES string of the molecule is O=C1c2ccccc2C(=O)c2c1ccc(Br)c2Oc1ccccc1. The van der Waals surface area contributed by atoms with Crippen LogP contribution in [0.3, 0.4) is 0 Å². The highest BCUT2D eigenvalue weighted by Crippen LogP contribution is 2.40. The molecule has 0 bridgehead atoms.